The number of carboxylic acids is 2. The van der Waals surface area contributed by atoms with Crippen LogP contribution in [0.4, 0.5) is 11.4 Å². The molecule has 4 aliphatic rings. The Morgan fingerprint density at radius 3 is 2.00 bits per heavy atom. The third-order valence-corrected chi connectivity index (χ3v) is 18.2. The maximum Gasteiger partial charge on any atom is 0.340 e. The molecular weight excluding hydrogens is 1340 g/mol. The molecule has 3 fully saturated rings. The molecule has 0 saturated carbocycles. The number of azide groups is 1. The second-order valence-corrected chi connectivity index (χ2v) is 25.2. The van der Waals surface area contributed by atoms with Crippen LogP contribution in [0.5, 0.6) is 23.0 Å². The van der Waals surface area contributed by atoms with Gasteiger partial charge in [-0.3, -0.25) is 14.4 Å². The Hall–Kier alpha value is -8.63. The number of ether oxygens (including phenoxy) is 8. The molecule has 6 heterocycles. The summed E-state index contributed by atoms with van der Waals surface area (Å²) in [5, 5.41) is 120. The predicted octanol–water partition coefficient (Wildman–Crippen LogP) is 0.0410. The lowest BCUT2D eigenvalue weighted by molar-refractivity contribution is -0.318. The molecule has 4 unspecified atom stereocenters. The van der Waals surface area contributed by atoms with Crippen LogP contribution in [0.1, 0.15) is 56.5 Å². The fourth-order valence-electron chi connectivity index (χ4n) is 11.5. The van der Waals surface area contributed by atoms with Gasteiger partial charge in [0.15, 0.2) is 30.0 Å². The van der Waals surface area contributed by atoms with E-state index in [0.29, 0.717) is 5.56 Å². The number of carbonyl (C=O) groups excluding carboxylic acids is 3. The number of aliphatic carboxylic acids is 2. The standard InChI is InChI=1S/C61H67ClN8O27S/c1-25(19-64-67-63)91-26(2)20-68(3)55(81)28-7-13-37(93-61-51(79)46(74)48(76)53(96-61)58(85)86)38(15-28)97-98(87,88)40-17-36-42(34-16-32(89-4)11-12-33(34)40)29(18-62)21-70(36)56(82)35-23-69-22-30(8-14-41(69)66-35)65-54(80)27-5-9-31(10-6-27)92-60-50(78)44(72)43(71)39(94-60)24-90-59-49(77)45(73)47(75)52(95-59)57(83)84/h5-17,22-23,25-26,29,39,43-53,59-61,71-79H,18-21,24H2,1-4H3,(H,65,80)(H,83,84)(H,85,86)/t25?,26?,29-,39-,43+,44+,45+,46+,47+,48+,49-,50-,51?,52+,53+,59-,60?,61-/m1/s1. The molecular formula is C61H67ClN8O27S. The molecule has 0 bridgehead atoms. The number of aromatic nitrogens is 2. The highest BCUT2D eigenvalue weighted by molar-refractivity contribution is 7.87. The SMILES string of the molecule is COc1ccc2c(S(=O)(=O)Oc3cc(C(=O)N(C)CC(C)OC(C)CN=[N+]=[N-])ccc3O[C@@H]3O[C@H](C(=O)O)[C@@H](O)[C@H](O)C3O)cc3c(c2c1)[C@H](CCl)CN3C(=O)c1cn2cc(NC(=O)c3ccc(OC4O[C@H](CO[C@@H]5O[C@H](C(=O)O)[C@@H](O)[C@H](O)[C@H]5O)[C@H](O)[C@H](O)[C@H]4O)cc3)ccc2n1. The molecule has 4 aromatic carbocycles. The third-order valence-electron chi connectivity index (χ3n) is 16.5. The Labute approximate surface area is 559 Å². The van der Waals surface area contributed by atoms with Gasteiger partial charge in [-0.25, -0.2) is 14.6 Å². The Morgan fingerprint density at radius 1 is 0.735 bits per heavy atom. The molecule has 0 aliphatic carbocycles. The first-order valence-electron chi connectivity index (χ1n) is 29.9. The van der Waals surface area contributed by atoms with Crippen molar-refractivity contribution in [1.82, 2.24) is 14.3 Å². The molecule has 35 nitrogen and oxygen atoms in total. The number of hydrogen-bond acceptors (Lipinski definition) is 27. The van der Waals surface area contributed by atoms with Gasteiger partial charge in [-0.05, 0) is 109 Å². The molecule has 3 amide bonds. The number of anilines is 2. The van der Waals surface area contributed by atoms with Gasteiger partial charge in [-0.15, -0.1) is 11.6 Å². The Bertz CT molecular complexity index is 4150. The van der Waals surface area contributed by atoms with Crippen LogP contribution in [0.2, 0.25) is 0 Å². The Balaban J connectivity index is 0.881. The minimum atomic E-state index is -5.21. The summed E-state index contributed by atoms with van der Waals surface area (Å²) in [5.74, 6) is -7.24. The number of pyridine rings is 1. The van der Waals surface area contributed by atoms with Gasteiger partial charge in [-0.1, -0.05) is 5.11 Å². The number of alkyl halides is 1. The highest BCUT2D eigenvalue weighted by atomic mass is 35.5. The summed E-state index contributed by atoms with van der Waals surface area (Å²) in [6.45, 7) is 2.47. The molecule has 10 rings (SSSR count). The van der Waals surface area contributed by atoms with E-state index in [1.165, 1.54) is 107 Å². The average Bonchev–Trinajstić information content (AvgIpc) is 1.35. The lowest BCUT2D eigenvalue weighted by atomic mass is 9.95. The minimum Gasteiger partial charge on any atom is -0.497 e. The first-order valence-corrected chi connectivity index (χ1v) is 31.9. The van der Waals surface area contributed by atoms with Crippen molar-refractivity contribution in [2.75, 3.05) is 56.5 Å². The summed E-state index contributed by atoms with van der Waals surface area (Å²) in [7, 11) is -2.41. The van der Waals surface area contributed by atoms with Gasteiger partial charge in [-0.2, -0.15) is 8.42 Å². The second kappa shape index (κ2) is 29.8. The van der Waals surface area contributed by atoms with Crippen molar-refractivity contribution in [3.8, 4) is 23.0 Å². The van der Waals surface area contributed by atoms with Gasteiger partial charge >= 0.3 is 22.1 Å². The first kappa shape index (κ1) is 72.1. The zero-order chi connectivity index (χ0) is 70.9. The van der Waals surface area contributed by atoms with Crippen molar-refractivity contribution in [1.29, 1.82) is 0 Å². The van der Waals surface area contributed by atoms with E-state index in [0.717, 1.165) is 12.1 Å². The summed E-state index contributed by atoms with van der Waals surface area (Å²) in [6.07, 6.45) is -27.5. The summed E-state index contributed by atoms with van der Waals surface area (Å²) in [6, 6.07) is 17.2. The number of aliphatic hydroxyl groups excluding tert-OH is 9. The number of aliphatic hydroxyl groups is 9. The van der Waals surface area contributed by atoms with Crippen LogP contribution in [-0.2, 0) is 43.4 Å². The molecule has 37 heteroatoms. The minimum absolute atomic E-state index is 0.00122. The van der Waals surface area contributed by atoms with Crippen molar-refractivity contribution in [2.24, 2.45) is 5.11 Å². The van der Waals surface area contributed by atoms with Gasteiger partial charge in [0.25, 0.3) is 17.7 Å². The van der Waals surface area contributed by atoms with E-state index in [1.807, 2.05) is 0 Å². The summed E-state index contributed by atoms with van der Waals surface area (Å²) in [4.78, 5) is 75.4. The van der Waals surface area contributed by atoms with Crippen LogP contribution in [-0.4, -0.2) is 259 Å². The van der Waals surface area contributed by atoms with Crippen molar-refractivity contribution in [3.05, 3.63) is 124 Å². The van der Waals surface area contributed by atoms with E-state index in [9.17, 15) is 80.1 Å². The molecule has 6 aromatic rings. The van der Waals surface area contributed by atoms with E-state index in [-0.39, 0.29) is 81.6 Å². The van der Waals surface area contributed by atoms with Gasteiger partial charge in [0.1, 0.15) is 88.8 Å². The molecule has 18 atom stereocenters. The van der Waals surface area contributed by atoms with Crippen LogP contribution < -0.4 is 28.6 Å². The van der Waals surface area contributed by atoms with Gasteiger partial charge in [0.2, 0.25) is 12.6 Å². The molecule has 0 radical (unpaired) electrons. The third kappa shape index (κ3) is 15.0. The Morgan fingerprint density at radius 2 is 1.36 bits per heavy atom. The predicted molar refractivity (Wildman–Crippen MR) is 333 cm³/mol. The van der Waals surface area contributed by atoms with Crippen LogP contribution in [0, 0.1) is 0 Å². The lowest BCUT2D eigenvalue weighted by Gasteiger charge is -2.42. The first-order chi connectivity index (χ1) is 46.5. The molecule has 12 N–H and O–H groups in total. The number of amides is 3. The number of halogens is 1. The molecule has 526 valence electrons. The average molecular weight is 1410 g/mol. The van der Waals surface area contributed by atoms with E-state index in [1.54, 1.807) is 13.8 Å². The maximum absolute atomic E-state index is 15.2. The number of imidazole rings is 1. The van der Waals surface area contributed by atoms with Crippen LogP contribution in [0.25, 0.3) is 26.9 Å². The normalized spacial score (nSPS) is 27.6. The lowest BCUT2D eigenvalue weighted by Crippen LogP contribution is -2.62. The largest absolute Gasteiger partial charge is 0.497 e. The zero-order valence-electron chi connectivity index (χ0n) is 52.0. The fourth-order valence-corrected chi connectivity index (χ4v) is 12.9. The van der Waals surface area contributed by atoms with Crippen molar-refractivity contribution in [2.45, 2.75) is 129 Å². The molecule has 3 saturated heterocycles. The smallest absolute Gasteiger partial charge is 0.340 e. The Kier molecular flexibility index (Phi) is 22.0. The monoisotopic (exact) mass is 1410 g/mol. The topological polar surface area (TPSA) is 510 Å². The maximum atomic E-state index is 15.2. The number of carbonyl (C=O) groups is 5. The van der Waals surface area contributed by atoms with Crippen molar-refractivity contribution < 1.29 is 131 Å². The number of benzene rings is 4. The quantitative estimate of drug-likeness (QED) is 0.0125. The fraction of sp³-hybridized carbons (Fsp3) is 0.443. The molecule has 2 aromatic heterocycles. The molecule has 98 heavy (non-hydrogen) atoms. The van der Waals surface area contributed by atoms with Crippen LogP contribution in [0.15, 0.2) is 101 Å². The van der Waals surface area contributed by atoms with Gasteiger partial charge in [0.05, 0.1) is 38.2 Å². The number of rotatable bonds is 24. The number of nitrogens with zero attached hydrogens (tertiary/aromatic N) is 7. The van der Waals surface area contributed by atoms with Gasteiger partial charge in [0, 0.05) is 71.4 Å². The van der Waals surface area contributed by atoms with Crippen LogP contribution >= 0.6 is 11.6 Å². The number of methoxy groups -OCH3 is 1. The highest BCUT2D eigenvalue weighted by Gasteiger charge is 2.51. The summed E-state index contributed by atoms with van der Waals surface area (Å²) < 4.78 is 82.1. The van der Waals surface area contributed by atoms with Crippen molar-refractivity contribution >= 4 is 79.2 Å². The van der Waals surface area contributed by atoms with E-state index < -0.39 is 173 Å². The molecule has 4 aliphatic heterocycles. The zero-order valence-corrected chi connectivity index (χ0v) is 53.5. The van der Waals surface area contributed by atoms with E-state index in [2.05, 4.69) is 20.3 Å². The highest BCUT2D eigenvalue weighted by Crippen LogP contribution is 2.47. The number of fused-ring (bicyclic) bond motifs is 4. The number of carboxylic acid groups (broad SMARTS) is 2. The number of hydrogen-bond donors (Lipinski definition) is 12. The van der Waals surface area contributed by atoms with Gasteiger partial charge < -0.3 is 118 Å². The summed E-state index contributed by atoms with van der Waals surface area (Å²) >= 11 is 6.63. The van der Waals surface area contributed by atoms with Crippen LogP contribution in [0.3, 0.4) is 0 Å². The number of likely N-dealkylation sites (N-methyl/N-ethyl adjacent to an activating group) is 1. The second-order valence-electron chi connectivity index (χ2n) is 23.4. The van der Waals surface area contributed by atoms with E-state index >= 15 is 8.42 Å². The van der Waals surface area contributed by atoms with E-state index in [4.69, 9.17) is 59.2 Å². The summed E-state index contributed by atoms with van der Waals surface area (Å²) in [5.41, 5.74) is 9.39. The van der Waals surface area contributed by atoms with Crippen molar-refractivity contribution in [3.63, 3.8) is 0 Å². The molecule has 0 spiro atoms. The number of nitrogens with one attached hydrogen (secondary N) is 1.